The maximum atomic E-state index is 11.8. The monoisotopic (exact) mass is 391 g/mol. The minimum absolute atomic E-state index is 0.100. The van der Waals surface area contributed by atoms with E-state index in [2.05, 4.69) is 20.5 Å². The molecule has 3 rings (SSSR count). The average Bonchev–Trinajstić information content (AvgIpc) is 3.02. The van der Waals surface area contributed by atoms with E-state index in [1.807, 2.05) is 11.8 Å². The minimum Gasteiger partial charge on any atom is -0.465 e. The summed E-state index contributed by atoms with van der Waals surface area (Å²) in [6.45, 7) is 2.50. The molecule has 2 aromatic rings. The van der Waals surface area contributed by atoms with Gasteiger partial charge in [-0.2, -0.15) is 10.1 Å². The maximum Gasteiger partial charge on any atom is 0.337 e. The van der Waals surface area contributed by atoms with E-state index >= 15 is 0 Å². The Morgan fingerprint density at radius 3 is 2.89 bits per heavy atom. The predicted octanol–water partition coefficient (Wildman–Crippen LogP) is 1.42. The van der Waals surface area contributed by atoms with Crippen molar-refractivity contribution in [3.05, 3.63) is 36.0 Å². The molecule has 1 aromatic heterocycles. The molecule has 1 aliphatic rings. The number of ether oxygens (including phenoxy) is 1. The molecule has 1 saturated heterocycles. The third-order valence-corrected chi connectivity index (χ3v) is 6.10. The van der Waals surface area contributed by atoms with Crippen LogP contribution in [0.3, 0.4) is 0 Å². The molecule has 0 saturated carbocycles. The highest BCUT2D eigenvalue weighted by atomic mass is 32.2. The van der Waals surface area contributed by atoms with E-state index in [0.717, 1.165) is 0 Å². The summed E-state index contributed by atoms with van der Waals surface area (Å²) in [7, 11) is -1.68. The third kappa shape index (κ3) is 4.51. The molecule has 1 aromatic carbocycles. The molecular weight excluding hydrogens is 370 g/mol. The largest absolute Gasteiger partial charge is 0.465 e. The molecule has 0 amide bonds. The van der Waals surface area contributed by atoms with Crippen LogP contribution in [0.1, 0.15) is 23.7 Å². The van der Waals surface area contributed by atoms with Crippen LogP contribution in [-0.4, -0.2) is 60.8 Å². The lowest BCUT2D eigenvalue weighted by Crippen LogP contribution is -2.37. The fraction of sp³-hybridized carbons (Fsp3) is 0.412. The highest BCUT2D eigenvalue weighted by Gasteiger charge is 2.33. The van der Waals surface area contributed by atoms with Gasteiger partial charge in [-0.25, -0.2) is 13.2 Å². The summed E-state index contributed by atoms with van der Waals surface area (Å²) in [4.78, 5) is 18.0. The smallest absolute Gasteiger partial charge is 0.337 e. The molecular formula is C17H21N5O4S. The van der Waals surface area contributed by atoms with Gasteiger partial charge in [-0.15, -0.1) is 5.10 Å². The number of hydrogen-bond acceptors (Lipinski definition) is 9. The number of anilines is 3. The van der Waals surface area contributed by atoms with E-state index in [1.165, 1.54) is 13.3 Å². The SMILES string of the molecule is CCN(c1nncc(Nc2cccc(C(=O)OC)c2)n1)C1CCS(=O)(=O)C1. The summed E-state index contributed by atoms with van der Waals surface area (Å²) in [5, 5.41) is 11.1. The Kier molecular flexibility index (Phi) is 5.54. The number of esters is 1. The third-order valence-electron chi connectivity index (χ3n) is 4.35. The van der Waals surface area contributed by atoms with E-state index in [0.29, 0.717) is 36.0 Å². The summed E-state index contributed by atoms with van der Waals surface area (Å²) in [5.41, 5.74) is 1.06. The van der Waals surface area contributed by atoms with Crippen molar-refractivity contribution >= 4 is 33.3 Å². The second-order valence-corrected chi connectivity index (χ2v) is 8.41. The Bertz CT molecular complexity index is 934. The number of rotatable bonds is 6. The first-order valence-electron chi connectivity index (χ1n) is 8.54. The van der Waals surface area contributed by atoms with Gasteiger partial charge in [0.2, 0.25) is 5.95 Å². The van der Waals surface area contributed by atoms with Crippen molar-refractivity contribution in [3.63, 3.8) is 0 Å². The van der Waals surface area contributed by atoms with Gasteiger partial charge in [0.1, 0.15) is 0 Å². The lowest BCUT2D eigenvalue weighted by Gasteiger charge is -2.26. The zero-order chi connectivity index (χ0) is 19.4. The molecule has 0 radical (unpaired) electrons. The summed E-state index contributed by atoms with van der Waals surface area (Å²) in [6.07, 6.45) is 2.02. The van der Waals surface area contributed by atoms with Gasteiger partial charge in [0.15, 0.2) is 15.7 Å². The first-order valence-corrected chi connectivity index (χ1v) is 10.4. The number of hydrogen-bond donors (Lipinski definition) is 1. The van der Waals surface area contributed by atoms with Crippen LogP contribution in [0.4, 0.5) is 17.5 Å². The molecule has 1 unspecified atom stereocenters. The number of carbonyl (C=O) groups excluding carboxylic acids is 1. The van der Waals surface area contributed by atoms with Gasteiger partial charge in [-0.3, -0.25) is 0 Å². The van der Waals surface area contributed by atoms with Gasteiger partial charge < -0.3 is 15.0 Å². The standard InChI is InChI=1S/C17H21N5O4S/c1-3-22(14-7-8-27(24,25)11-14)17-20-15(10-18-21-17)19-13-6-4-5-12(9-13)16(23)26-2/h4-6,9-10,14H,3,7-8,11H2,1-2H3,(H,19,20,21). The molecule has 0 bridgehead atoms. The molecule has 144 valence electrons. The van der Waals surface area contributed by atoms with Crippen molar-refractivity contribution in [2.24, 2.45) is 0 Å². The number of nitrogens with zero attached hydrogens (tertiary/aromatic N) is 4. The minimum atomic E-state index is -3.01. The summed E-state index contributed by atoms with van der Waals surface area (Å²) in [6, 6.07) is 6.66. The van der Waals surface area contributed by atoms with Crippen LogP contribution < -0.4 is 10.2 Å². The van der Waals surface area contributed by atoms with Crippen molar-refractivity contribution in [3.8, 4) is 0 Å². The molecule has 1 N–H and O–H groups in total. The summed E-state index contributed by atoms with van der Waals surface area (Å²) < 4.78 is 28.3. The lowest BCUT2D eigenvalue weighted by molar-refractivity contribution is 0.0601. The number of methoxy groups -OCH3 is 1. The summed E-state index contributed by atoms with van der Waals surface area (Å²) >= 11 is 0. The van der Waals surface area contributed by atoms with Gasteiger partial charge in [-0.1, -0.05) is 6.07 Å². The number of nitrogens with one attached hydrogen (secondary N) is 1. The fourth-order valence-electron chi connectivity index (χ4n) is 3.05. The van der Waals surface area contributed by atoms with Gasteiger partial charge in [0.25, 0.3) is 0 Å². The highest BCUT2D eigenvalue weighted by Crippen LogP contribution is 2.23. The van der Waals surface area contributed by atoms with Crippen LogP contribution in [0.2, 0.25) is 0 Å². The predicted molar refractivity (Wildman–Crippen MR) is 101 cm³/mol. The molecule has 1 fully saturated rings. The number of carbonyl (C=O) groups is 1. The van der Waals surface area contributed by atoms with Crippen LogP contribution >= 0.6 is 0 Å². The van der Waals surface area contributed by atoms with Gasteiger partial charge in [0, 0.05) is 18.3 Å². The van der Waals surface area contributed by atoms with Crippen molar-refractivity contribution in [1.82, 2.24) is 15.2 Å². The second kappa shape index (κ2) is 7.87. The molecule has 27 heavy (non-hydrogen) atoms. The Morgan fingerprint density at radius 1 is 1.41 bits per heavy atom. The quantitative estimate of drug-likeness (QED) is 0.730. The highest BCUT2D eigenvalue weighted by molar-refractivity contribution is 7.91. The van der Waals surface area contributed by atoms with Crippen LogP contribution in [0.15, 0.2) is 30.5 Å². The van der Waals surface area contributed by atoms with Crippen LogP contribution in [0.5, 0.6) is 0 Å². The molecule has 2 heterocycles. The zero-order valence-corrected chi connectivity index (χ0v) is 15.9. The van der Waals surface area contributed by atoms with Crippen molar-refractivity contribution in [2.75, 3.05) is 35.4 Å². The first kappa shape index (κ1) is 19.0. The second-order valence-electron chi connectivity index (χ2n) is 6.18. The normalized spacial score (nSPS) is 18.1. The average molecular weight is 391 g/mol. The van der Waals surface area contributed by atoms with E-state index in [9.17, 15) is 13.2 Å². The van der Waals surface area contributed by atoms with Crippen molar-refractivity contribution < 1.29 is 17.9 Å². The summed E-state index contributed by atoms with van der Waals surface area (Å²) in [5.74, 6) is 0.665. The van der Waals surface area contributed by atoms with Crippen molar-refractivity contribution in [2.45, 2.75) is 19.4 Å². The van der Waals surface area contributed by atoms with E-state index in [-0.39, 0.29) is 17.5 Å². The number of aromatic nitrogens is 3. The van der Waals surface area contributed by atoms with Crippen molar-refractivity contribution in [1.29, 1.82) is 0 Å². The zero-order valence-electron chi connectivity index (χ0n) is 15.1. The van der Waals surface area contributed by atoms with Crippen LogP contribution in [0, 0.1) is 0 Å². The molecule has 9 nitrogen and oxygen atoms in total. The lowest BCUT2D eigenvalue weighted by atomic mass is 10.2. The van der Waals surface area contributed by atoms with Gasteiger partial charge >= 0.3 is 5.97 Å². The van der Waals surface area contributed by atoms with Gasteiger partial charge in [-0.05, 0) is 31.5 Å². The number of sulfone groups is 1. The van der Waals surface area contributed by atoms with Crippen LogP contribution in [0.25, 0.3) is 0 Å². The molecule has 1 aliphatic heterocycles. The fourth-order valence-corrected chi connectivity index (χ4v) is 4.78. The van der Waals surface area contributed by atoms with E-state index in [1.54, 1.807) is 24.3 Å². The first-order chi connectivity index (χ1) is 12.9. The van der Waals surface area contributed by atoms with Crippen LogP contribution in [-0.2, 0) is 14.6 Å². The molecule has 10 heteroatoms. The van der Waals surface area contributed by atoms with E-state index in [4.69, 9.17) is 4.74 Å². The Balaban J connectivity index is 1.80. The maximum absolute atomic E-state index is 11.8. The molecule has 0 aliphatic carbocycles. The Morgan fingerprint density at radius 2 is 2.22 bits per heavy atom. The molecule has 1 atom stereocenters. The van der Waals surface area contributed by atoms with E-state index < -0.39 is 15.8 Å². The Hall–Kier alpha value is -2.75. The topological polar surface area (TPSA) is 114 Å². The van der Waals surface area contributed by atoms with Gasteiger partial charge in [0.05, 0.1) is 30.4 Å². The Labute approximate surface area is 157 Å². The molecule has 0 spiro atoms. The number of benzene rings is 1.